The van der Waals surface area contributed by atoms with Crippen molar-refractivity contribution in [2.24, 2.45) is 5.92 Å². The molecule has 1 aliphatic rings. The van der Waals surface area contributed by atoms with Crippen molar-refractivity contribution in [2.75, 3.05) is 5.32 Å². The van der Waals surface area contributed by atoms with E-state index in [1.54, 1.807) is 6.07 Å². The molecule has 1 unspecified atom stereocenters. The average Bonchev–Trinajstić information content (AvgIpc) is 2.92. The molecule has 1 saturated carbocycles. The molecule has 1 fully saturated rings. The second kappa shape index (κ2) is 3.77. The summed E-state index contributed by atoms with van der Waals surface area (Å²) in [5, 5.41) is 3.76. The summed E-state index contributed by atoms with van der Waals surface area (Å²) >= 11 is 5.90. The molecule has 0 aliphatic heterocycles. The van der Waals surface area contributed by atoms with E-state index in [-0.39, 0.29) is 5.82 Å². The van der Waals surface area contributed by atoms with Gasteiger partial charge in [0.15, 0.2) is 0 Å². The van der Waals surface area contributed by atoms with Gasteiger partial charge in [0.1, 0.15) is 5.82 Å². The third kappa shape index (κ3) is 2.18. The minimum atomic E-state index is -0.292. The van der Waals surface area contributed by atoms with Crippen molar-refractivity contribution in [1.82, 2.24) is 0 Å². The Balaban J connectivity index is 2.07. The highest BCUT2D eigenvalue weighted by Gasteiger charge is 2.27. The van der Waals surface area contributed by atoms with Crippen LogP contribution in [0.5, 0.6) is 0 Å². The van der Waals surface area contributed by atoms with Crippen molar-refractivity contribution in [3.63, 3.8) is 0 Å². The van der Waals surface area contributed by atoms with Crippen molar-refractivity contribution in [1.29, 1.82) is 0 Å². The fraction of sp³-hybridized carbons (Fsp3) is 0.455. The lowest BCUT2D eigenvalue weighted by Crippen LogP contribution is -2.17. The molecule has 1 aliphatic carbocycles. The van der Waals surface area contributed by atoms with Crippen LogP contribution in [0.4, 0.5) is 10.1 Å². The largest absolute Gasteiger partial charge is 0.381 e. The van der Waals surface area contributed by atoms with Crippen LogP contribution in [0, 0.1) is 11.7 Å². The zero-order valence-electron chi connectivity index (χ0n) is 8.06. The van der Waals surface area contributed by atoms with Crippen LogP contribution in [0.3, 0.4) is 0 Å². The molecular weight excluding hydrogens is 201 g/mol. The van der Waals surface area contributed by atoms with Crippen molar-refractivity contribution in [3.8, 4) is 0 Å². The third-order valence-corrected chi connectivity index (χ3v) is 2.96. The molecule has 0 saturated heterocycles. The minimum absolute atomic E-state index is 0.292. The Labute approximate surface area is 88.3 Å². The number of hydrogen-bond acceptors (Lipinski definition) is 1. The molecule has 76 valence electrons. The SMILES string of the molecule is CC(Nc1ccc(F)cc1Cl)C1CC1. The van der Waals surface area contributed by atoms with Crippen LogP contribution < -0.4 is 5.32 Å². The van der Waals surface area contributed by atoms with Gasteiger partial charge in [-0.1, -0.05) is 11.6 Å². The molecule has 2 rings (SSSR count). The summed E-state index contributed by atoms with van der Waals surface area (Å²) in [7, 11) is 0. The van der Waals surface area contributed by atoms with E-state index < -0.39 is 0 Å². The van der Waals surface area contributed by atoms with Gasteiger partial charge in [0.2, 0.25) is 0 Å². The predicted octanol–water partition coefficient (Wildman–Crippen LogP) is 3.69. The lowest BCUT2D eigenvalue weighted by Gasteiger charge is -2.15. The normalized spacial score (nSPS) is 17.9. The van der Waals surface area contributed by atoms with Crippen molar-refractivity contribution >= 4 is 17.3 Å². The van der Waals surface area contributed by atoms with E-state index in [2.05, 4.69) is 12.2 Å². The first-order valence-corrected chi connectivity index (χ1v) is 5.26. The summed E-state index contributed by atoms with van der Waals surface area (Å²) in [6.45, 7) is 2.14. The predicted molar refractivity (Wildman–Crippen MR) is 57.2 cm³/mol. The van der Waals surface area contributed by atoms with E-state index >= 15 is 0 Å². The fourth-order valence-corrected chi connectivity index (χ4v) is 1.79. The second-order valence-corrected chi connectivity index (χ2v) is 4.30. The van der Waals surface area contributed by atoms with Crippen LogP contribution in [0.1, 0.15) is 19.8 Å². The van der Waals surface area contributed by atoms with Crippen LogP contribution in [-0.2, 0) is 0 Å². The second-order valence-electron chi connectivity index (χ2n) is 3.89. The van der Waals surface area contributed by atoms with E-state index in [0.717, 1.165) is 11.6 Å². The lowest BCUT2D eigenvalue weighted by molar-refractivity contribution is 0.627. The van der Waals surface area contributed by atoms with Gasteiger partial charge in [-0.15, -0.1) is 0 Å². The Bertz CT molecular complexity index is 336. The Morgan fingerprint density at radius 2 is 2.21 bits per heavy atom. The Hall–Kier alpha value is -0.760. The maximum atomic E-state index is 12.7. The Morgan fingerprint density at radius 3 is 2.79 bits per heavy atom. The highest BCUT2D eigenvalue weighted by atomic mass is 35.5. The van der Waals surface area contributed by atoms with Crippen LogP contribution in [0.25, 0.3) is 0 Å². The molecule has 0 spiro atoms. The van der Waals surface area contributed by atoms with E-state index in [1.165, 1.54) is 25.0 Å². The Morgan fingerprint density at radius 1 is 1.50 bits per heavy atom. The third-order valence-electron chi connectivity index (χ3n) is 2.64. The molecule has 1 N–H and O–H groups in total. The maximum absolute atomic E-state index is 12.7. The first kappa shape index (κ1) is 9.78. The van der Waals surface area contributed by atoms with Crippen LogP contribution in [-0.4, -0.2) is 6.04 Å². The van der Waals surface area contributed by atoms with E-state index in [0.29, 0.717) is 11.1 Å². The van der Waals surface area contributed by atoms with Gasteiger partial charge >= 0.3 is 0 Å². The standard InChI is InChI=1S/C11H13ClFN/c1-7(8-2-3-8)14-11-5-4-9(13)6-10(11)12/h4-8,14H,2-3H2,1H3. The summed E-state index contributed by atoms with van der Waals surface area (Å²) in [4.78, 5) is 0. The van der Waals surface area contributed by atoms with Gasteiger partial charge in [-0.2, -0.15) is 0 Å². The fourth-order valence-electron chi connectivity index (χ4n) is 1.57. The molecule has 1 atom stereocenters. The topological polar surface area (TPSA) is 12.0 Å². The minimum Gasteiger partial charge on any atom is -0.381 e. The molecule has 1 aromatic carbocycles. The van der Waals surface area contributed by atoms with E-state index in [1.807, 2.05) is 0 Å². The molecule has 1 aromatic rings. The number of halogens is 2. The molecule has 1 nitrogen and oxygen atoms in total. The first-order valence-electron chi connectivity index (χ1n) is 4.88. The molecular formula is C11H13ClFN. The summed E-state index contributed by atoms with van der Waals surface area (Å²) in [5.74, 6) is 0.468. The summed E-state index contributed by atoms with van der Waals surface area (Å²) in [6.07, 6.45) is 2.57. The van der Waals surface area contributed by atoms with Gasteiger partial charge in [0.25, 0.3) is 0 Å². The van der Waals surface area contributed by atoms with Crippen LogP contribution in [0.15, 0.2) is 18.2 Å². The molecule has 3 heteroatoms. The molecule has 0 heterocycles. The van der Waals surface area contributed by atoms with Crippen molar-refractivity contribution < 1.29 is 4.39 Å². The molecule has 14 heavy (non-hydrogen) atoms. The smallest absolute Gasteiger partial charge is 0.124 e. The summed E-state index contributed by atoms with van der Waals surface area (Å²) in [5.41, 5.74) is 0.826. The molecule has 0 radical (unpaired) electrons. The summed E-state index contributed by atoms with van der Waals surface area (Å²) in [6, 6.07) is 4.88. The van der Waals surface area contributed by atoms with Gasteiger partial charge in [-0.3, -0.25) is 0 Å². The monoisotopic (exact) mass is 213 g/mol. The van der Waals surface area contributed by atoms with Crippen molar-refractivity contribution in [3.05, 3.63) is 29.0 Å². The van der Waals surface area contributed by atoms with Gasteiger partial charge < -0.3 is 5.32 Å². The molecule has 0 bridgehead atoms. The van der Waals surface area contributed by atoms with Gasteiger partial charge in [0.05, 0.1) is 10.7 Å². The first-order chi connectivity index (χ1) is 6.66. The van der Waals surface area contributed by atoms with E-state index in [9.17, 15) is 4.39 Å². The number of anilines is 1. The lowest BCUT2D eigenvalue weighted by atomic mass is 10.2. The average molecular weight is 214 g/mol. The molecule has 0 amide bonds. The number of nitrogens with one attached hydrogen (secondary N) is 1. The quantitative estimate of drug-likeness (QED) is 0.808. The van der Waals surface area contributed by atoms with Crippen LogP contribution in [0.2, 0.25) is 5.02 Å². The van der Waals surface area contributed by atoms with Crippen molar-refractivity contribution in [2.45, 2.75) is 25.8 Å². The number of rotatable bonds is 3. The van der Waals surface area contributed by atoms with Gasteiger partial charge in [-0.05, 0) is 43.9 Å². The molecule has 0 aromatic heterocycles. The maximum Gasteiger partial charge on any atom is 0.124 e. The zero-order valence-corrected chi connectivity index (χ0v) is 8.81. The number of hydrogen-bond donors (Lipinski definition) is 1. The van der Waals surface area contributed by atoms with Crippen LogP contribution >= 0.6 is 11.6 Å². The zero-order chi connectivity index (χ0) is 10.1. The number of benzene rings is 1. The van der Waals surface area contributed by atoms with Gasteiger partial charge in [0, 0.05) is 6.04 Å². The highest BCUT2D eigenvalue weighted by Crippen LogP contribution is 2.35. The Kier molecular flexibility index (Phi) is 2.64. The highest BCUT2D eigenvalue weighted by molar-refractivity contribution is 6.33. The van der Waals surface area contributed by atoms with E-state index in [4.69, 9.17) is 11.6 Å². The summed E-state index contributed by atoms with van der Waals surface area (Å²) < 4.78 is 12.7. The van der Waals surface area contributed by atoms with Gasteiger partial charge in [-0.25, -0.2) is 4.39 Å².